The zero-order valence-electron chi connectivity index (χ0n) is 10.5. The Kier molecular flexibility index (Phi) is 3.99. The molecule has 1 aliphatic rings. The van der Waals surface area contributed by atoms with Gasteiger partial charge in [-0.05, 0) is 31.5 Å². The minimum Gasteiger partial charge on any atom is -0.496 e. The molecule has 106 valence electrons. The van der Waals surface area contributed by atoms with Crippen LogP contribution in [-0.4, -0.2) is 20.2 Å². The van der Waals surface area contributed by atoms with E-state index in [0.29, 0.717) is 12.1 Å². The number of rotatable bonds is 2. The molecule has 0 radical (unpaired) electrons. The molecule has 1 fully saturated rings. The first-order chi connectivity index (χ1) is 8.93. The van der Waals surface area contributed by atoms with Gasteiger partial charge in [0.2, 0.25) is 0 Å². The molecular formula is C13H15F4NO. The second-order valence-corrected chi connectivity index (χ2v) is 4.62. The van der Waals surface area contributed by atoms with Crippen molar-refractivity contribution in [3.05, 3.63) is 29.1 Å². The molecule has 0 saturated carbocycles. The topological polar surface area (TPSA) is 21.3 Å². The normalized spacial score (nSPS) is 20.4. The van der Waals surface area contributed by atoms with E-state index in [9.17, 15) is 17.6 Å². The van der Waals surface area contributed by atoms with E-state index in [1.54, 1.807) is 0 Å². The van der Waals surface area contributed by atoms with Crippen LogP contribution in [0.5, 0.6) is 5.75 Å². The van der Waals surface area contributed by atoms with Gasteiger partial charge in [-0.2, -0.15) is 13.2 Å². The van der Waals surface area contributed by atoms with Gasteiger partial charge < -0.3 is 10.1 Å². The Morgan fingerprint density at radius 1 is 1.32 bits per heavy atom. The third-order valence-electron chi connectivity index (χ3n) is 3.36. The third-order valence-corrected chi connectivity index (χ3v) is 3.36. The maximum Gasteiger partial charge on any atom is 0.419 e. The van der Waals surface area contributed by atoms with Crippen LogP contribution in [-0.2, 0) is 6.18 Å². The molecule has 6 heteroatoms. The lowest BCUT2D eigenvalue weighted by atomic mass is 9.90. The van der Waals surface area contributed by atoms with Crippen molar-refractivity contribution in [2.24, 2.45) is 0 Å². The molecule has 1 saturated heterocycles. The monoisotopic (exact) mass is 277 g/mol. The second kappa shape index (κ2) is 5.36. The van der Waals surface area contributed by atoms with E-state index in [0.717, 1.165) is 31.5 Å². The van der Waals surface area contributed by atoms with Crippen LogP contribution in [0.3, 0.4) is 0 Å². The molecule has 1 N–H and O–H groups in total. The van der Waals surface area contributed by atoms with Gasteiger partial charge in [0.25, 0.3) is 0 Å². The minimum absolute atomic E-state index is 0.0134. The van der Waals surface area contributed by atoms with Crippen LogP contribution in [0.15, 0.2) is 12.1 Å². The first-order valence-electron chi connectivity index (χ1n) is 6.09. The average Bonchev–Trinajstić information content (AvgIpc) is 2.38. The van der Waals surface area contributed by atoms with E-state index in [4.69, 9.17) is 4.74 Å². The maximum atomic E-state index is 13.6. The molecule has 0 bridgehead atoms. The molecule has 1 aliphatic heterocycles. The highest BCUT2D eigenvalue weighted by Crippen LogP contribution is 2.38. The van der Waals surface area contributed by atoms with E-state index >= 15 is 0 Å². The Hall–Kier alpha value is -1.30. The van der Waals surface area contributed by atoms with Crippen LogP contribution in [0.2, 0.25) is 0 Å². The van der Waals surface area contributed by atoms with Gasteiger partial charge in [0, 0.05) is 18.0 Å². The second-order valence-electron chi connectivity index (χ2n) is 4.62. The van der Waals surface area contributed by atoms with Crippen molar-refractivity contribution in [1.29, 1.82) is 0 Å². The van der Waals surface area contributed by atoms with Crippen LogP contribution in [0, 0.1) is 5.82 Å². The molecular weight excluding hydrogens is 262 g/mol. The lowest BCUT2D eigenvalue weighted by molar-refractivity contribution is -0.140. The summed E-state index contributed by atoms with van der Waals surface area (Å²) in [6.45, 7) is 1.50. The zero-order chi connectivity index (χ0) is 14.0. The summed E-state index contributed by atoms with van der Waals surface area (Å²) in [5, 5.41) is 3.15. The minimum atomic E-state index is -4.71. The van der Waals surface area contributed by atoms with Crippen LogP contribution in [0.4, 0.5) is 17.6 Å². The van der Waals surface area contributed by atoms with Gasteiger partial charge in [-0.3, -0.25) is 0 Å². The number of ether oxygens (including phenoxy) is 1. The predicted octanol–water partition coefficient (Wildman–Crippen LogP) is 3.32. The zero-order valence-corrected chi connectivity index (χ0v) is 10.5. The van der Waals surface area contributed by atoms with E-state index in [-0.39, 0.29) is 11.7 Å². The van der Waals surface area contributed by atoms with Crippen molar-refractivity contribution in [3.63, 3.8) is 0 Å². The van der Waals surface area contributed by atoms with Crippen molar-refractivity contribution < 1.29 is 22.3 Å². The Labute approximate surface area is 108 Å². The van der Waals surface area contributed by atoms with Crippen LogP contribution in [0.25, 0.3) is 0 Å². The molecule has 1 atom stereocenters. The molecule has 0 amide bonds. The van der Waals surface area contributed by atoms with Crippen molar-refractivity contribution >= 4 is 0 Å². The SMILES string of the molecule is COc1cc(C(F)(F)F)c(F)cc1C1CCCNC1. The first kappa shape index (κ1) is 14.1. The van der Waals surface area contributed by atoms with Gasteiger partial charge in [-0.15, -0.1) is 0 Å². The fourth-order valence-electron chi connectivity index (χ4n) is 2.40. The Morgan fingerprint density at radius 2 is 2.05 bits per heavy atom. The van der Waals surface area contributed by atoms with Crippen molar-refractivity contribution in [2.75, 3.05) is 20.2 Å². The summed E-state index contributed by atoms with van der Waals surface area (Å²) < 4.78 is 56.5. The van der Waals surface area contributed by atoms with E-state index in [1.165, 1.54) is 7.11 Å². The molecule has 1 aromatic carbocycles. The van der Waals surface area contributed by atoms with Crippen molar-refractivity contribution in [3.8, 4) is 5.75 Å². The number of methoxy groups -OCH3 is 1. The van der Waals surface area contributed by atoms with Crippen LogP contribution in [0.1, 0.15) is 29.9 Å². The molecule has 1 unspecified atom stereocenters. The molecule has 2 rings (SSSR count). The lowest BCUT2D eigenvalue weighted by Gasteiger charge is -2.25. The molecule has 19 heavy (non-hydrogen) atoms. The number of nitrogens with one attached hydrogen (secondary N) is 1. The van der Waals surface area contributed by atoms with E-state index < -0.39 is 17.6 Å². The number of halogens is 4. The van der Waals surface area contributed by atoms with Gasteiger partial charge in [-0.25, -0.2) is 4.39 Å². The van der Waals surface area contributed by atoms with E-state index in [2.05, 4.69) is 5.32 Å². The number of hydrogen-bond acceptors (Lipinski definition) is 2. The molecule has 0 spiro atoms. The van der Waals surface area contributed by atoms with Crippen molar-refractivity contribution in [2.45, 2.75) is 24.9 Å². The van der Waals surface area contributed by atoms with Gasteiger partial charge in [0.15, 0.2) is 0 Å². The molecule has 2 nitrogen and oxygen atoms in total. The van der Waals surface area contributed by atoms with Crippen molar-refractivity contribution in [1.82, 2.24) is 5.32 Å². The summed E-state index contributed by atoms with van der Waals surface area (Å²) in [7, 11) is 1.30. The number of alkyl halides is 3. The lowest BCUT2D eigenvalue weighted by Crippen LogP contribution is -2.28. The fourth-order valence-corrected chi connectivity index (χ4v) is 2.40. The number of hydrogen-bond donors (Lipinski definition) is 1. The smallest absolute Gasteiger partial charge is 0.419 e. The van der Waals surface area contributed by atoms with Gasteiger partial charge in [0.05, 0.1) is 12.7 Å². The van der Waals surface area contributed by atoms with E-state index in [1.807, 2.05) is 0 Å². The summed E-state index contributed by atoms with van der Waals surface area (Å²) in [4.78, 5) is 0. The molecule has 1 heterocycles. The van der Waals surface area contributed by atoms with Gasteiger partial charge in [-0.1, -0.05) is 0 Å². The summed E-state index contributed by atoms with van der Waals surface area (Å²) in [5.74, 6) is -1.16. The quantitative estimate of drug-likeness (QED) is 0.837. The van der Waals surface area contributed by atoms with Crippen LogP contribution >= 0.6 is 0 Å². The molecule has 1 aromatic rings. The average molecular weight is 277 g/mol. The molecule has 0 aliphatic carbocycles. The summed E-state index contributed by atoms with van der Waals surface area (Å²) in [5.41, 5.74) is -0.780. The molecule has 0 aromatic heterocycles. The summed E-state index contributed by atoms with van der Waals surface area (Å²) in [6.07, 6.45) is -2.98. The van der Waals surface area contributed by atoms with Gasteiger partial charge in [0.1, 0.15) is 11.6 Å². The Balaban J connectivity index is 2.41. The predicted molar refractivity (Wildman–Crippen MR) is 62.8 cm³/mol. The highest BCUT2D eigenvalue weighted by molar-refractivity contribution is 5.42. The number of benzene rings is 1. The first-order valence-corrected chi connectivity index (χ1v) is 6.09. The number of piperidine rings is 1. The maximum absolute atomic E-state index is 13.6. The summed E-state index contributed by atoms with van der Waals surface area (Å²) in [6, 6.07) is 1.71. The fraction of sp³-hybridized carbons (Fsp3) is 0.538. The Morgan fingerprint density at radius 3 is 2.58 bits per heavy atom. The summed E-state index contributed by atoms with van der Waals surface area (Å²) >= 11 is 0. The van der Waals surface area contributed by atoms with Gasteiger partial charge >= 0.3 is 6.18 Å². The van der Waals surface area contributed by atoms with Crippen LogP contribution < -0.4 is 10.1 Å². The Bertz CT molecular complexity index is 453. The largest absolute Gasteiger partial charge is 0.496 e. The standard InChI is InChI=1S/C13H15F4NO/c1-19-12-6-10(13(15,16)17)11(14)5-9(12)8-3-2-4-18-7-8/h5-6,8,18H,2-4,7H2,1H3. The highest BCUT2D eigenvalue weighted by atomic mass is 19.4. The third kappa shape index (κ3) is 3.00. The highest BCUT2D eigenvalue weighted by Gasteiger charge is 2.36.